The molecule has 98 valence electrons. The Hall–Kier alpha value is -1.83. The molecule has 0 radical (unpaired) electrons. The summed E-state index contributed by atoms with van der Waals surface area (Å²) in [6, 6.07) is 11.1. The SMILES string of the molecule is Cc1cccc(N=Cc2ccn(C3CCCC3)c2)c1. The molecule has 1 aromatic heterocycles. The van der Waals surface area contributed by atoms with Gasteiger partial charge in [0, 0.05) is 30.2 Å². The maximum atomic E-state index is 4.54. The van der Waals surface area contributed by atoms with Crippen LogP contribution in [0.2, 0.25) is 0 Å². The number of hydrogen-bond acceptors (Lipinski definition) is 1. The second kappa shape index (κ2) is 5.43. The molecule has 2 heteroatoms. The van der Waals surface area contributed by atoms with Crippen molar-refractivity contribution < 1.29 is 0 Å². The van der Waals surface area contributed by atoms with Gasteiger partial charge in [-0.15, -0.1) is 0 Å². The van der Waals surface area contributed by atoms with E-state index in [9.17, 15) is 0 Å². The van der Waals surface area contributed by atoms with Crippen LogP contribution >= 0.6 is 0 Å². The summed E-state index contributed by atoms with van der Waals surface area (Å²) in [6.07, 6.45) is 11.8. The molecule has 1 heterocycles. The van der Waals surface area contributed by atoms with Crippen LogP contribution in [-0.4, -0.2) is 10.8 Å². The summed E-state index contributed by atoms with van der Waals surface area (Å²) < 4.78 is 2.35. The molecule has 0 spiro atoms. The van der Waals surface area contributed by atoms with Gasteiger partial charge in [0.15, 0.2) is 0 Å². The Labute approximate surface area is 114 Å². The van der Waals surface area contributed by atoms with Crippen molar-refractivity contribution in [1.82, 2.24) is 4.57 Å². The Morgan fingerprint density at radius 2 is 2.05 bits per heavy atom. The van der Waals surface area contributed by atoms with Crippen LogP contribution in [0.1, 0.15) is 42.9 Å². The molecule has 0 unspecified atom stereocenters. The molecule has 0 amide bonds. The second-order valence-corrected chi connectivity index (χ2v) is 5.43. The maximum absolute atomic E-state index is 4.54. The Kier molecular flexibility index (Phi) is 3.49. The van der Waals surface area contributed by atoms with Crippen molar-refractivity contribution in [2.45, 2.75) is 38.6 Å². The van der Waals surface area contributed by atoms with Crippen LogP contribution in [0.4, 0.5) is 5.69 Å². The Bertz CT molecular complexity index is 574. The zero-order valence-corrected chi connectivity index (χ0v) is 11.4. The molecule has 1 aliphatic carbocycles. The highest BCUT2D eigenvalue weighted by atomic mass is 15.0. The number of aromatic nitrogens is 1. The molecule has 2 aromatic rings. The molecular weight excluding hydrogens is 232 g/mol. The minimum absolute atomic E-state index is 0.709. The molecule has 19 heavy (non-hydrogen) atoms. The fraction of sp³-hybridized carbons (Fsp3) is 0.353. The van der Waals surface area contributed by atoms with Crippen LogP contribution in [0.15, 0.2) is 47.7 Å². The molecule has 1 aromatic carbocycles. The first-order chi connectivity index (χ1) is 9.31. The van der Waals surface area contributed by atoms with Gasteiger partial charge in [-0.1, -0.05) is 25.0 Å². The van der Waals surface area contributed by atoms with Gasteiger partial charge >= 0.3 is 0 Å². The van der Waals surface area contributed by atoms with E-state index in [1.165, 1.54) is 36.8 Å². The van der Waals surface area contributed by atoms with Gasteiger partial charge in [-0.2, -0.15) is 0 Å². The Balaban J connectivity index is 1.73. The minimum Gasteiger partial charge on any atom is -0.351 e. The summed E-state index contributed by atoms with van der Waals surface area (Å²) >= 11 is 0. The van der Waals surface area contributed by atoms with Crippen LogP contribution in [0.25, 0.3) is 0 Å². The van der Waals surface area contributed by atoms with Crippen molar-refractivity contribution in [2.24, 2.45) is 4.99 Å². The van der Waals surface area contributed by atoms with Crippen LogP contribution < -0.4 is 0 Å². The summed E-state index contributed by atoms with van der Waals surface area (Å²) in [7, 11) is 0. The van der Waals surface area contributed by atoms with E-state index in [1.807, 2.05) is 18.3 Å². The third-order valence-electron chi connectivity index (χ3n) is 3.85. The first-order valence-corrected chi connectivity index (χ1v) is 7.09. The van der Waals surface area contributed by atoms with Gasteiger partial charge in [0.2, 0.25) is 0 Å². The number of nitrogens with zero attached hydrogens (tertiary/aromatic N) is 2. The van der Waals surface area contributed by atoms with Crippen molar-refractivity contribution in [3.05, 3.63) is 53.9 Å². The maximum Gasteiger partial charge on any atom is 0.0632 e. The van der Waals surface area contributed by atoms with Gasteiger partial charge in [0.25, 0.3) is 0 Å². The molecule has 0 bridgehead atoms. The van der Waals surface area contributed by atoms with E-state index >= 15 is 0 Å². The first kappa shape index (κ1) is 12.2. The highest BCUT2D eigenvalue weighted by Gasteiger charge is 2.15. The Morgan fingerprint density at radius 3 is 2.84 bits per heavy atom. The molecule has 1 fully saturated rings. The standard InChI is InChI=1S/C17H20N2/c1-14-5-4-6-16(11-14)18-12-15-9-10-19(13-15)17-7-2-3-8-17/h4-6,9-13,17H,2-3,7-8H2,1H3. The lowest BCUT2D eigenvalue weighted by atomic mass is 10.2. The van der Waals surface area contributed by atoms with Gasteiger partial charge in [0.1, 0.15) is 0 Å². The van der Waals surface area contributed by atoms with Gasteiger partial charge in [0.05, 0.1) is 5.69 Å². The zero-order chi connectivity index (χ0) is 13.1. The summed E-state index contributed by atoms with van der Waals surface area (Å²) in [5.74, 6) is 0. The normalized spacial score (nSPS) is 16.5. The summed E-state index contributed by atoms with van der Waals surface area (Å²) in [5.41, 5.74) is 3.46. The van der Waals surface area contributed by atoms with Crippen LogP contribution in [0.5, 0.6) is 0 Å². The van der Waals surface area contributed by atoms with E-state index in [0.717, 1.165) is 5.69 Å². The average molecular weight is 252 g/mol. The smallest absolute Gasteiger partial charge is 0.0632 e. The molecule has 3 rings (SSSR count). The zero-order valence-electron chi connectivity index (χ0n) is 11.4. The third kappa shape index (κ3) is 2.95. The summed E-state index contributed by atoms with van der Waals surface area (Å²) in [6.45, 7) is 2.09. The van der Waals surface area contributed by atoms with Gasteiger partial charge < -0.3 is 4.57 Å². The molecule has 0 aliphatic heterocycles. The van der Waals surface area contributed by atoms with Crippen molar-refractivity contribution in [3.63, 3.8) is 0 Å². The van der Waals surface area contributed by atoms with Crippen LogP contribution in [-0.2, 0) is 0 Å². The lowest BCUT2D eigenvalue weighted by Gasteiger charge is -2.10. The van der Waals surface area contributed by atoms with Gasteiger partial charge in [-0.25, -0.2) is 0 Å². The van der Waals surface area contributed by atoms with Gasteiger partial charge in [-0.3, -0.25) is 4.99 Å². The summed E-state index contributed by atoms with van der Waals surface area (Å²) in [5, 5.41) is 0. The minimum atomic E-state index is 0.709. The molecule has 2 nitrogen and oxygen atoms in total. The molecule has 0 saturated heterocycles. The first-order valence-electron chi connectivity index (χ1n) is 7.09. The fourth-order valence-electron chi connectivity index (χ4n) is 2.79. The molecular formula is C17H20N2. The van der Waals surface area contributed by atoms with E-state index in [1.54, 1.807) is 0 Å². The molecule has 0 N–H and O–H groups in total. The predicted octanol–water partition coefficient (Wildman–Crippen LogP) is 4.66. The van der Waals surface area contributed by atoms with E-state index in [4.69, 9.17) is 0 Å². The summed E-state index contributed by atoms with van der Waals surface area (Å²) in [4.78, 5) is 4.54. The predicted molar refractivity (Wildman–Crippen MR) is 80.4 cm³/mol. The Morgan fingerprint density at radius 1 is 1.21 bits per heavy atom. The van der Waals surface area contributed by atoms with E-state index < -0.39 is 0 Å². The largest absolute Gasteiger partial charge is 0.351 e. The highest BCUT2D eigenvalue weighted by Crippen LogP contribution is 2.29. The number of rotatable bonds is 3. The quantitative estimate of drug-likeness (QED) is 0.707. The number of benzene rings is 1. The van der Waals surface area contributed by atoms with E-state index in [2.05, 4.69) is 47.1 Å². The lowest BCUT2D eigenvalue weighted by Crippen LogP contribution is -2.00. The van der Waals surface area contributed by atoms with E-state index in [0.29, 0.717) is 6.04 Å². The monoisotopic (exact) mass is 252 g/mol. The highest BCUT2D eigenvalue weighted by molar-refractivity contribution is 5.81. The average Bonchev–Trinajstić information content (AvgIpc) is 3.07. The van der Waals surface area contributed by atoms with Crippen molar-refractivity contribution >= 4 is 11.9 Å². The van der Waals surface area contributed by atoms with Crippen molar-refractivity contribution in [3.8, 4) is 0 Å². The van der Waals surface area contributed by atoms with Crippen LogP contribution in [0.3, 0.4) is 0 Å². The second-order valence-electron chi connectivity index (χ2n) is 5.43. The van der Waals surface area contributed by atoms with Crippen molar-refractivity contribution in [2.75, 3.05) is 0 Å². The third-order valence-corrected chi connectivity index (χ3v) is 3.85. The number of aryl methyl sites for hydroxylation is 1. The van der Waals surface area contributed by atoms with Gasteiger partial charge in [-0.05, 0) is 43.5 Å². The number of aliphatic imine (C=N–C) groups is 1. The fourth-order valence-corrected chi connectivity index (χ4v) is 2.79. The van der Waals surface area contributed by atoms with Crippen molar-refractivity contribution in [1.29, 1.82) is 0 Å². The number of hydrogen-bond donors (Lipinski definition) is 0. The topological polar surface area (TPSA) is 17.3 Å². The molecule has 0 atom stereocenters. The molecule has 1 saturated carbocycles. The molecule has 1 aliphatic rings. The van der Waals surface area contributed by atoms with Crippen LogP contribution in [0, 0.1) is 6.92 Å². The van der Waals surface area contributed by atoms with E-state index in [-0.39, 0.29) is 0 Å². The lowest BCUT2D eigenvalue weighted by molar-refractivity contribution is 0.521.